The first-order valence-electron chi connectivity index (χ1n) is 6.48. The predicted molar refractivity (Wildman–Crippen MR) is 72.5 cm³/mol. The zero-order valence-electron chi connectivity index (χ0n) is 11.4. The molecule has 4 nitrogen and oxygen atoms in total. The smallest absolute Gasteiger partial charge is 0.406 e. The number of carbonyl (C=O) groups excluding carboxylic acids is 1. The zero-order chi connectivity index (χ0) is 16.5. The summed E-state index contributed by atoms with van der Waals surface area (Å²) in [6.07, 6.45) is -5.61. The summed E-state index contributed by atoms with van der Waals surface area (Å²) in [5.74, 6) is -2.48. The number of amides is 1. The molecule has 1 aromatic carbocycles. The number of likely N-dealkylation sites (tertiary alicyclic amines) is 1. The second-order valence-electron chi connectivity index (χ2n) is 5.25. The highest BCUT2D eigenvalue weighted by molar-refractivity contribution is 6.30. The predicted octanol–water partition coefficient (Wildman–Crippen LogP) is 2.75. The van der Waals surface area contributed by atoms with E-state index in [0.29, 0.717) is 10.6 Å². The number of carboxylic acid groups (broad SMARTS) is 1. The van der Waals surface area contributed by atoms with Gasteiger partial charge < -0.3 is 10.0 Å². The van der Waals surface area contributed by atoms with Crippen LogP contribution in [0.15, 0.2) is 24.3 Å². The van der Waals surface area contributed by atoms with Crippen molar-refractivity contribution in [1.82, 2.24) is 4.90 Å². The van der Waals surface area contributed by atoms with Gasteiger partial charge >= 0.3 is 12.1 Å². The van der Waals surface area contributed by atoms with E-state index in [0.717, 1.165) is 4.90 Å². The fourth-order valence-corrected chi connectivity index (χ4v) is 2.56. The van der Waals surface area contributed by atoms with Gasteiger partial charge in [-0.15, -0.1) is 0 Å². The molecule has 0 aliphatic carbocycles. The lowest BCUT2D eigenvalue weighted by Crippen LogP contribution is -2.47. The number of aliphatic carboxylic acids is 1. The lowest BCUT2D eigenvalue weighted by atomic mass is 9.86. The highest BCUT2D eigenvalue weighted by atomic mass is 35.5. The molecule has 2 rings (SSSR count). The number of halogens is 4. The minimum Gasteiger partial charge on any atom is -0.481 e. The van der Waals surface area contributed by atoms with Gasteiger partial charge in [0, 0.05) is 18.1 Å². The molecule has 1 atom stereocenters. The van der Waals surface area contributed by atoms with Crippen LogP contribution in [0.4, 0.5) is 13.2 Å². The van der Waals surface area contributed by atoms with E-state index in [1.807, 2.05) is 0 Å². The molecule has 1 aliphatic rings. The minimum absolute atomic E-state index is 0.0925. The summed E-state index contributed by atoms with van der Waals surface area (Å²) >= 11 is 5.71. The molecule has 120 valence electrons. The first-order chi connectivity index (χ1) is 10.2. The first-order valence-corrected chi connectivity index (χ1v) is 6.86. The maximum absolute atomic E-state index is 13.0. The van der Waals surface area contributed by atoms with Gasteiger partial charge in [0.2, 0.25) is 5.91 Å². The van der Waals surface area contributed by atoms with Crippen LogP contribution in [-0.4, -0.2) is 41.1 Å². The third-order valence-corrected chi connectivity index (χ3v) is 4.09. The van der Waals surface area contributed by atoms with Crippen molar-refractivity contribution in [3.63, 3.8) is 0 Å². The number of alkyl halides is 3. The summed E-state index contributed by atoms with van der Waals surface area (Å²) in [7, 11) is 0. The normalized spacial score (nSPS) is 21.9. The van der Waals surface area contributed by atoms with Crippen molar-refractivity contribution >= 4 is 23.5 Å². The van der Waals surface area contributed by atoms with Gasteiger partial charge in [-0.2, -0.15) is 13.2 Å². The lowest BCUT2D eigenvalue weighted by Gasteiger charge is -2.27. The van der Waals surface area contributed by atoms with E-state index in [1.165, 1.54) is 0 Å². The highest BCUT2D eigenvalue weighted by Gasteiger charge is 2.64. The SMILES string of the molecule is O=C(Cc1ccc(Cl)cc1)N1CCC(C(=O)O)(C(F)(F)F)C1. The Morgan fingerprint density at radius 2 is 1.86 bits per heavy atom. The number of carboxylic acids is 1. The molecule has 8 heteroatoms. The number of hydrogen-bond acceptors (Lipinski definition) is 2. The quantitative estimate of drug-likeness (QED) is 0.924. The minimum atomic E-state index is -4.89. The second kappa shape index (κ2) is 5.79. The average Bonchev–Trinajstić information content (AvgIpc) is 2.87. The van der Waals surface area contributed by atoms with E-state index in [-0.39, 0.29) is 13.0 Å². The van der Waals surface area contributed by atoms with Gasteiger partial charge in [0.25, 0.3) is 0 Å². The van der Waals surface area contributed by atoms with Crippen molar-refractivity contribution in [3.05, 3.63) is 34.9 Å². The van der Waals surface area contributed by atoms with Crippen LogP contribution in [0.25, 0.3) is 0 Å². The summed E-state index contributed by atoms with van der Waals surface area (Å²) in [6.45, 7) is -1.07. The van der Waals surface area contributed by atoms with E-state index in [4.69, 9.17) is 16.7 Å². The van der Waals surface area contributed by atoms with Crippen LogP contribution in [0, 0.1) is 5.41 Å². The molecule has 0 aromatic heterocycles. The molecule has 1 unspecified atom stereocenters. The maximum Gasteiger partial charge on any atom is 0.406 e. The van der Waals surface area contributed by atoms with Crippen LogP contribution in [0.2, 0.25) is 5.02 Å². The standard InChI is InChI=1S/C14H13ClF3NO3/c15-10-3-1-9(2-4-10)7-11(20)19-6-5-13(8-19,12(21)22)14(16,17)18/h1-4H,5-8H2,(H,21,22). The van der Waals surface area contributed by atoms with Gasteiger partial charge in [-0.05, 0) is 24.1 Å². The van der Waals surface area contributed by atoms with Crippen molar-refractivity contribution in [1.29, 1.82) is 0 Å². The molecule has 1 heterocycles. The van der Waals surface area contributed by atoms with Crippen LogP contribution in [0.3, 0.4) is 0 Å². The molecular formula is C14H13ClF3NO3. The Morgan fingerprint density at radius 3 is 2.32 bits per heavy atom. The third kappa shape index (κ3) is 3.04. The van der Waals surface area contributed by atoms with Crippen LogP contribution >= 0.6 is 11.6 Å². The van der Waals surface area contributed by atoms with Gasteiger partial charge in [0.1, 0.15) is 0 Å². The Bertz CT molecular complexity index is 588. The Hall–Kier alpha value is -1.76. The van der Waals surface area contributed by atoms with E-state index in [9.17, 15) is 22.8 Å². The van der Waals surface area contributed by atoms with Crippen LogP contribution in [0.5, 0.6) is 0 Å². The number of hydrogen-bond donors (Lipinski definition) is 1. The van der Waals surface area contributed by atoms with Gasteiger partial charge in [-0.25, -0.2) is 0 Å². The Morgan fingerprint density at radius 1 is 1.27 bits per heavy atom. The molecule has 1 aromatic rings. The van der Waals surface area contributed by atoms with Crippen LogP contribution < -0.4 is 0 Å². The van der Waals surface area contributed by atoms with Crippen molar-refractivity contribution in [3.8, 4) is 0 Å². The zero-order valence-corrected chi connectivity index (χ0v) is 12.1. The number of nitrogens with zero attached hydrogens (tertiary/aromatic N) is 1. The number of benzene rings is 1. The third-order valence-electron chi connectivity index (χ3n) is 3.84. The van der Waals surface area contributed by atoms with Crippen molar-refractivity contribution in [2.45, 2.75) is 19.0 Å². The molecule has 0 saturated carbocycles. The maximum atomic E-state index is 13.0. The summed E-state index contributed by atoms with van der Waals surface area (Å²) < 4.78 is 39.1. The van der Waals surface area contributed by atoms with E-state index in [2.05, 4.69) is 0 Å². The fraction of sp³-hybridized carbons (Fsp3) is 0.429. The van der Waals surface area contributed by atoms with Crippen LogP contribution in [0.1, 0.15) is 12.0 Å². The van der Waals surface area contributed by atoms with E-state index >= 15 is 0 Å². The fourth-order valence-electron chi connectivity index (χ4n) is 2.44. The lowest BCUT2D eigenvalue weighted by molar-refractivity contribution is -0.227. The topological polar surface area (TPSA) is 57.6 Å². The first kappa shape index (κ1) is 16.6. The molecule has 0 bridgehead atoms. The van der Waals surface area contributed by atoms with Crippen molar-refractivity contribution in [2.75, 3.05) is 13.1 Å². The van der Waals surface area contributed by atoms with E-state index in [1.54, 1.807) is 24.3 Å². The molecule has 0 spiro atoms. The summed E-state index contributed by atoms with van der Waals surface area (Å²) in [6, 6.07) is 6.35. The van der Waals surface area contributed by atoms with Gasteiger partial charge in [0.15, 0.2) is 5.41 Å². The molecule has 22 heavy (non-hydrogen) atoms. The van der Waals surface area contributed by atoms with Crippen molar-refractivity contribution in [2.24, 2.45) is 5.41 Å². The summed E-state index contributed by atoms with van der Waals surface area (Å²) in [5.41, 5.74) is -2.27. The highest BCUT2D eigenvalue weighted by Crippen LogP contribution is 2.45. The van der Waals surface area contributed by atoms with Crippen LogP contribution in [-0.2, 0) is 16.0 Å². The largest absolute Gasteiger partial charge is 0.481 e. The molecule has 1 aliphatic heterocycles. The number of carbonyl (C=O) groups is 2. The molecule has 1 fully saturated rings. The van der Waals surface area contributed by atoms with Crippen molar-refractivity contribution < 1.29 is 27.9 Å². The Kier molecular flexibility index (Phi) is 4.37. The molecule has 1 amide bonds. The van der Waals surface area contributed by atoms with Gasteiger partial charge in [-0.3, -0.25) is 9.59 Å². The average molecular weight is 336 g/mol. The molecular weight excluding hydrogens is 323 g/mol. The molecule has 1 saturated heterocycles. The van der Waals surface area contributed by atoms with E-state index < -0.39 is 36.4 Å². The summed E-state index contributed by atoms with van der Waals surface area (Å²) in [5, 5.41) is 9.43. The second-order valence-corrected chi connectivity index (χ2v) is 5.69. The Balaban J connectivity index is 2.10. The summed E-state index contributed by atoms with van der Waals surface area (Å²) in [4.78, 5) is 24.1. The molecule has 0 radical (unpaired) electrons. The molecule has 1 N–H and O–H groups in total. The van der Waals surface area contributed by atoms with Gasteiger partial charge in [-0.1, -0.05) is 23.7 Å². The monoisotopic (exact) mass is 335 g/mol. The number of rotatable bonds is 3. The van der Waals surface area contributed by atoms with Gasteiger partial charge in [0.05, 0.1) is 6.42 Å². The Labute approximate surface area is 129 Å².